The molecule has 2 fully saturated rings. The molecule has 7 heteroatoms. The van der Waals surface area contributed by atoms with Gasteiger partial charge in [0.25, 0.3) is 0 Å². The molecule has 1 amide bonds. The number of ether oxygens (including phenoxy) is 1. The summed E-state index contributed by atoms with van der Waals surface area (Å²) >= 11 is 0. The van der Waals surface area contributed by atoms with Gasteiger partial charge < -0.3 is 15.4 Å². The Hall–Kier alpha value is -1.60. The van der Waals surface area contributed by atoms with Crippen molar-refractivity contribution < 1.29 is 17.9 Å². The van der Waals surface area contributed by atoms with Gasteiger partial charge >= 0.3 is 0 Å². The van der Waals surface area contributed by atoms with E-state index < -0.39 is 9.84 Å². The van der Waals surface area contributed by atoms with Crippen LogP contribution in [0.2, 0.25) is 0 Å². The molecule has 3 rings (SSSR count). The van der Waals surface area contributed by atoms with Crippen LogP contribution in [-0.4, -0.2) is 51.2 Å². The summed E-state index contributed by atoms with van der Waals surface area (Å²) in [5.74, 6) is 1.97. The summed E-state index contributed by atoms with van der Waals surface area (Å²) in [4.78, 5) is 14.6. The number of amides is 1. The molecule has 1 heterocycles. The summed E-state index contributed by atoms with van der Waals surface area (Å²) in [6.45, 7) is 2.22. The van der Waals surface area contributed by atoms with Gasteiger partial charge in [-0.15, -0.1) is 0 Å². The fourth-order valence-corrected chi connectivity index (χ4v) is 4.65. The lowest BCUT2D eigenvalue weighted by Crippen LogP contribution is -2.33. The lowest BCUT2D eigenvalue weighted by atomic mass is 9.98. The van der Waals surface area contributed by atoms with E-state index in [4.69, 9.17) is 10.5 Å². The number of hydrogen-bond acceptors (Lipinski definition) is 5. The number of likely N-dealkylation sites (tertiary alicyclic amines) is 1. The Kier molecular flexibility index (Phi) is 5.87. The van der Waals surface area contributed by atoms with Crippen LogP contribution in [0.25, 0.3) is 0 Å². The molecule has 0 aromatic heterocycles. The highest BCUT2D eigenvalue weighted by atomic mass is 32.2. The number of nitrogens with two attached hydrogens (primary N) is 1. The third-order valence-electron chi connectivity index (χ3n) is 5.57. The lowest BCUT2D eigenvalue weighted by molar-refractivity contribution is -0.130. The molecule has 3 atom stereocenters. The lowest BCUT2D eigenvalue weighted by Gasteiger charge is -2.18. The predicted molar refractivity (Wildman–Crippen MR) is 99.7 cm³/mol. The summed E-state index contributed by atoms with van der Waals surface area (Å²) in [5.41, 5.74) is 6.12. The van der Waals surface area contributed by atoms with E-state index in [0.29, 0.717) is 30.6 Å². The highest BCUT2D eigenvalue weighted by molar-refractivity contribution is 7.90. The molecule has 0 spiro atoms. The van der Waals surface area contributed by atoms with Crippen molar-refractivity contribution in [3.05, 3.63) is 24.3 Å². The van der Waals surface area contributed by atoms with Gasteiger partial charge in [-0.3, -0.25) is 4.79 Å². The number of rotatable bonds is 7. The summed E-state index contributed by atoms with van der Waals surface area (Å²) in [6.07, 6.45) is 5.56. The van der Waals surface area contributed by atoms with Crippen molar-refractivity contribution in [1.82, 2.24) is 4.90 Å². The minimum atomic E-state index is -3.18. The first-order chi connectivity index (χ1) is 12.3. The molecule has 2 N–H and O–H groups in total. The van der Waals surface area contributed by atoms with Crippen molar-refractivity contribution in [2.24, 2.45) is 17.6 Å². The zero-order chi connectivity index (χ0) is 18.7. The van der Waals surface area contributed by atoms with Crippen molar-refractivity contribution >= 4 is 15.7 Å². The molecule has 1 aliphatic heterocycles. The maximum atomic E-state index is 12.3. The minimum Gasteiger partial charge on any atom is -0.494 e. The second-order valence-electron chi connectivity index (χ2n) is 7.51. The van der Waals surface area contributed by atoms with Crippen LogP contribution >= 0.6 is 0 Å². The van der Waals surface area contributed by atoms with Gasteiger partial charge in [-0.05, 0) is 61.8 Å². The number of nitrogens with zero attached hydrogens (tertiary/aromatic N) is 1. The average Bonchev–Trinajstić information content (AvgIpc) is 3.16. The Morgan fingerprint density at radius 2 is 1.92 bits per heavy atom. The Bertz CT molecular complexity index is 732. The Balaban J connectivity index is 1.34. The third-order valence-corrected chi connectivity index (χ3v) is 6.70. The van der Waals surface area contributed by atoms with Gasteiger partial charge in [-0.2, -0.15) is 0 Å². The van der Waals surface area contributed by atoms with Crippen molar-refractivity contribution in [2.45, 2.75) is 43.0 Å². The van der Waals surface area contributed by atoms with Gasteiger partial charge in [0.05, 0.1) is 11.5 Å². The third kappa shape index (κ3) is 4.57. The molecule has 1 aliphatic carbocycles. The molecule has 144 valence electrons. The summed E-state index contributed by atoms with van der Waals surface area (Å²) in [5, 5.41) is 0. The molecule has 3 unspecified atom stereocenters. The van der Waals surface area contributed by atoms with Gasteiger partial charge in [-0.1, -0.05) is 0 Å². The fourth-order valence-electron chi connectivity index (χ4n) is 4.02. The van der Waals surface area contributed by atoms with Crippen molar-refractivity contribution in [3.63, 3.8) is 0 Å². The Labute approximate surface area is 155 Å². The molecule has 2 aliphatic rings. The van der Waals surface area contributed by atoms with Crippen LogP contribution in [0.5, 0.6) is 5.75 Å². The Morgan fingerprint density at radius 1 is 1.19 bits per heavy atom. The maximum Gasteiger partial charge on any atom is 0.222 e. The van der Waals surface area contributed by atoms with E-state index in [1.807, 2.05) is 4.90 Å². The smallest absolute Gasteiger partial charge is 0.222 e. The average molecular weight is 381 g/mol. The SMILES string of the molecule is CS(=O)(=O)c1ccc(OCCCCC(=O)N2CC3CCC(N)C3C2)cc1. The molecular weight excluding hydrogens is 352 g/mol. The van der Waals surface area contributed by atoms with Crippen LogP contribution in [0.4, 0.5) is 0 Å². The van der Waals surface area contributed by atoms with Crippen molar-refractivity contribution in [2.75, 3.05) is 26.0 Å². The number of unbranched alkanes of at least 4 members (excludes halogenated alkanes) is 1. The van der Waals surface area contributed by atoms with Crippen LogP contribution in [0.1, 0.15) is 32.1 Å². The zero-order valence-corrected chi connectivity index (χ0v) is 16.1. The standard InChI is InChI=1S/C19H28N2O4S/c1-26(23,24)16-8-6-15(7-9-16)25-11-3-2-4-19(22)21-12-14-5-10-18(20)17(14)13-21/h6-9,14,17-18H,2-5,10-13,20H2,1H3. The zero-order valence-electron chi connectivity index (χ0n) is 15.3. The monoisotopic (exact) mass is 380 g/mol. The second-order valence-corrected chi connectivity index (χ2v) is 9.53. The number of fused-ring (bicyclic) bond motifs is 1. The second kappa shape index (κ2) is 7.96. The first kappa shape index (κ1) is 19.2. The number of carbonyl (C=O) groups is 1. The Morgan fingerprint density at radius 3 is 2.58 bits per heavy atom. The fraction of sp³-hybridized carbons (Fsp3) is 0.632. The van der Waals surface area contributed by atoms with Crippen LogP contribution < -0.4 is 10.5 Å². The van der Waals surface area contributed by atoms with E-state index in [1.165, 1.54) is 6.26 Å². The molecule has 1 aromatic carbocycles. The van der Waals surface area contributed by atoms with Gasteiger partial charge in [0.15, 0.2) is 9.84 Å². The summed E-state index contributed by atoms with van der Waals surface area (Å²) in [7, 11) is -3.18. The van der Waals surface area contributed by atoms with E-state index in [9.17, 15) is 13.2 Å². The number of carbonyl (C=O) groups excluding carboxylic acids is 1. The number of hydrogen-bond donors (Lipinski definition) is 1. The molecular formula is C19H28N2O4S. The highest BCUT2D eigenvalue weighted by Crippen LogP contribution is 2.37. The van der Waals surface area contributed by atoms with Crippen LogP contribution in [0, 0.1) is 11.8 Å². The molecule has 1 aromatic rings. The first-order valence-corrected chi connectivity index (χ1v) is 11.2. The summed E-state index contributed by atoms with van der Waals surface area (Å²) < 4.78 is 28.4. The normalized spacial score (nSPS) is 25.3. The molecule has 0 radical (unpaired) electrons. The topological polar surface area (TPSA) is 89.7 Å². The largest absolute Gasteiger partial charge is 0.494 e. The number of benzene rings is 1. The molecule has 0 bridgehead atoms. The van der Waals surface area contributed by atoms with E-state index in [0.717, 1.165) is 38.8 Å². The predicted octanol–water partition coefficient (Wildman–Crippen LogP) is 1.83. The molecule has 26 heavy (non-hydrogen) atoms. The van der Waals surface area contributed by atoms with Crippen LogP contribution in [0.3, 0.4) is 0 Å². The molecule has 6 nitrogen and oxygen atoms in total. The molecule has 1 saturated carbocycles. The van der Waals surface area contributed by atoms with E-state index in [-0.39, 0.29) is 16.8 Å². The maximum absolute atomic E-state index is 12.3. The van der Waals surface area contributed by atoms with Crippen molar-refractivity contribution in [1.29, 1.82) is 0 Å². The van der Waals surface area contributed by atoms with Crippen LogP contribution in [0.15, 0.2) is 29.2 Å². The van der Waals surface area contributed by atoms with E-state index >= 15 is 0 Å². The number of sulfone groups is 1. The van der Waals surface area contributed by atoms with E-state index in [2.05, 4.69) is 0 Å². The molecule has 1 saturated heterocycles. The quantitative estimate of drug-likeness (QED) is 0.729. The van der Waals surface area contributed by atoms with Gasteiger partial charge in [0.1, 0.15) is 5.75 Å². The highest BCUT2D eigenvalue weighted by Gasteiger charge is 2.42. The summed E-state index contributed by atoms with van der Waals surface area (Å²) in [6, 6.07) is 6.67. The minimum absolute atomic E-state index is 0.226. The van der Waals surface area contributed by atoms with E-state index in [1.54, 1.807) is 24.3 Å². The van der Waals surface area contributed by atoms with Gasteiger partial charge in [0.2, 0.25) is 5.91 Å². The van der Waals surface area contributed by atoms with Crippen molar-refractivity contribution in [3.8, 4) is 5.75 Å². The first-order valence-electron chi connectivity index (χ1n) is 9.31. The van der Waals surface area contributed by atoms with Crippen LogP contribution in [-0.2, 0) is 14.6 Å². The van der Waals surface area contributed by atoms with Gasteiger partial charge in [0, 0.05) is 31.8 Å². The van der Waals surface area contributed by atoms with Gasteiger partial charge in [-0.25, -0.2) is 8.42 Å².